The summed E-state index contributed by atoms with van der Waals surface area (Å²) in [6, 6.07) is 16.0. The van der Waals surface area contributed by atoms with Gasteiger partial charge in [0.1, 0.15) is 5.75 Å². The van der Waals surface area contributed by atoms with Crippen LogP contribution in [-0.2, 0) is 9.59 Å². The number of benzene rings is 2. The maximum Gasteiger partial charge on any atom is 0.379 e. The van der Waals surface area contributed by atoms with Crippen LogP contribution < -0.4 is 15.5 Å². The van der Waals surface area contributed by atoms with Crippen LogP contribution in [0.4, 0.5) is 5.69 Å². The first-order chi connectivity index (χ1) is 14.4. The van der Waals surface area contributed by atoms with Gasteiger partial charge >= 0.3 is 17.8 Å². The maximum atomic E-state index is 12.1. The molecule has 0 radical (unpaired) electrons. The van der Waals surface area contributed by atoms with Crippen molar-refractivity contribution in [1.82, 2.24) is 5.43 Å². The average molecular weight is 426 g/mol. The number of ether oxygens (including phenoxy) is 1. The SMILES string of the molecule is CC(=NNC(=O)C(=O)Nc1cccc(Cl)c1)c1ccccc1OC(=O)c1ccco1. The lowest BCUT2D eigenvalue weighted by molar-refractivity contribution is -0.136. The summed E-state index contributed by atoms with van der Waals surface area (Å²) in [6.45, 7) is 1.59. The number of hydrogen-bond acceptors (Lipinski definition) is 6. The molecule has 0 atom stereocenters. The van der Waals surface area contributed by atoms with Gasteiger partial charge in [0.05, 0.1) is 12.0 Å². The highest BCUT2D eigenvalue weighted by molar-refractivity contribution is 6.40. The highest BCUT2D eigenvalue weighted by Crippen LogP contribution is 2.20. The minimum Gasteiger partial charge on any atom is -0.457 e. The third-order valence-electron chi connectivity index (χ3n) is 3.82. The van der Waals surface area contributed by atoms with Gasteiger partial charge in [-0.2, -0.15) is 5.10 Å². The van der Waals surface area contributed by atoms with Crippen molar-refractivity contribution in [3.05, 3.63) is 83.3 Å². The van der Waals surface area contributed by atoms with Crippen molar-refractivity contribution in [3.63, 3.8) is 0 Å². The molecule has 8 nitrogen and oxygen atoms in total. The Labute approximate surface area is 176 Å². The lowest BCUT2D eigenvalue weighted by Crippen LogP contribution is -2.33. The maximum absolute atomic E-state index is 12.1. The molecule has 0 spiro atoms. The molecule has 0 aliphatic carbocycles. The second kappa shape index (κ2) is 9.53. The summed E-state index contributed by atoms with van der Waals surface area (Å²) >= 11 is 5.85. The normalized spacial score (nSPS) is 10.9. The third-order valence-corrected chi connectivity index (χ3v) is 4.05. The van der Waals surface area contributed by atoms with E-state index in [1.54, 1.807) is 55.5 Å². The van der Waals surface area contributed by atoms with Crippen molar-refractivity contribution >= 4 is 40.8 Å². The number of nitrogens with one attached hydrogen (secondary N) is 2. The summed E-state index contributed by atoms with van der Waals surface area (Å²) in [5, 5.41) is 6.75. The molecule has 3 rings (SSSR count). The number of furan rings is 1. The minimum absolute atomic E-state index is 0.0467. The number of esters is 1. The lowest BCUT2D eigenvalue weighted by Gasteiger charge is -2.09. The first-order valence-electron chi connectivity index (χ1n) is 8.70. The molecule has 0 unspecified atom stereocenters. The zero-order valence-electron chi connectivity index (χ0n) is 15.7. The zero-order chi connectivity index (χ0) is 21.5. The molecule has 1 heterocycles. The first-order valence-corrected chi connectivity index (χ1v) is 9.08. The van der Waals surface area contributed by atoms with E-state index < -0.39 is 17.8 Å². The number of para-hydroxylation sites is 1. The second-order valence-corrected chi connectivity index (χ2v) is 6.40. The van der Waals surface area contributed by atoms with Crippen LogP contribution in [0, 0.1) is 0 Å². The molecule has 152 valence electrons. The molecule has 2 N–H and O–H groups in total. The van der Waals surface area contributed by atoms with E-state index in [1.165, 1.54) is 18.4 Å². The van der Waals surface area contributed by atoms with Crippen molar-refractivity contribution in [3.8, 4) is 5.75 Å². The fourth-order valence-electron chi connectivity index (χ4n) is 2.40. The molecule has 0 saturated heterocycles. The van der Waals surface area contributed by atoms with E-state index in [0.717, 1.165) is 0 Å². The van der Waals surface area contributed by atoms with Crippen molar-refractivity contribution in [2.24, 2.45) is 5.10 Å². The van der Waals surface area contributed by atoms with Crippen molar-refractivity contribution in [2.45, 2.75) is 6.92 Å². The molecule has 0 fully saturated rings. The summed E-state index contributed by atoms with van der Waals surface area (Å²) in [5.41, 5.74) is 3.32. The van der Waals surface area contributed by atoms with E-state index in [-0.39, 0.29) is 11.5 Å². The van der Waals surface area contributed by atoms with Crippen molar-refractivity contribution in [2.75, 3.05) is 5.32 Å². The highest BCUT2D eigenvalue weighted by atomic mass is 35.5. The van der Waals surface area contributed by atoms with Crippen LogP contribution in [0.2, 0.25) is 5.02 Å². The molecule has 1 aromatic heterocycles. The summed E-state index contributed by atoms with van der Waals surface area (Å²) in [5.74, 6) is -2.29. The highest BCUT2D eigenvalue weighted by Gasteiger charge is 2.16. The summed E-state index contributed by atoms with van der Waals surface area (Å²) in [4.78, 5) is 36.1. The van der Waals surface area contributed by atoms with Crippen LogP contribution in [0.1, 0.15) is 23.0 Å². The average Bonchev–Trinajstić information content (AvgIpc) is 3.27. The third kappa shape index (κ3) is 5.33. The number of amides is 2. The van der Waals surface area contributed by atoms with Gasteiger partial charge in [-0.25, -0.2) is 10.2 Å². The summed E-state index contributed by atoms with van der Waals surface area (Å²) in [7, 11) is 0. The van der Waals surface area contributed by atoms with Crippen LogP contribution >= 0.6 is 11.6 Å². The minimum atomic E-state index is -0.973. The van der Waals surface area contributed by atoms with Crippen molar-refractivity contribution in [1.29, 1.82) is 0 Å². The van der Waals surface area contributed by atoms with E-state index in [2.05, 4.69) is 15.8 Å². The van der Waals surface area contributed by atoms with Gasteiger partial charge in [-0.05, 0) is 49.4 Å². The molecular formula is C21H16ClN3O5. The van der Waals surface area contributed by atoms with E-state index in [9.17, 15) is 14.4 Å². The first kappa shape index (κ1) is 20.8. The van der Waals surface area contributed by atoms with Gasteiger partial charge in [0.15, 0.2) is 0 Å². The fraction of sp³-hybridized carbons (Fsp3) is 0.0476. The van der Waals surface area contributed by atoms with E-state index in [0.29, 0.717) is 22.0 Å². The standard InChI is InChI=1S/C21H16ClN3O5/c1-13(24-25-20(27)19(26)23-15-7-4-6-14(22)12-15)16-8-2-3-9-17(16)30-21(28)18-10-5-11-29-18/h2-12H,1H3,(H,23,26)(H,25,27). The summed E-state index contributed by atoms with van der Waals surface area (Å²) < 4.78 is 10.4. The van der Waals surface area contributed by atoms with E-state index in [1.807, 2.05) is 0 Å². The smallest absolute Gasteiger partial charge is 0.379 e. The van der Waals surface area contributed by atoms with Crippen LogP contribution in [0.25, 0.3) is 0 Å². The Kier molecular flexibility index (Phi) is 6.61. The number of hydrogen-bond donors (Lipinski definition) is 2. The Morgan fingerprint density at radius 2 is 1.80 bits per heavy atom. The fourth-order valence-corrected chi connectivity index (χ4v) is 2.59. The molecule has 30 heavy (non-hydrogen) atoms. The number of carbonyl (C=O) groups excluding carboxylic acids is 3. The molecule has 2 aromatic carbocycles. The van der Waals surface area contributed by atoms with Gasteiger partial charge in [-0.3, -0.25) is 9.59 Å². The molecular weight excluding hydrogens is 410 g/mol. The Bertz CT molecular complexity index is 1110. The largest absolute Gasteiger partial charge is 0.457 e. The van der Waals surface area contributed by atoms with Crippen LogP contribution in [0.3, 0.4) is 0 Å². The number of halogens is 1. The van der Waals surface area contributed by atoms with Crippen LogP contribution in [0.5, 0.6) is 5.75 Å². The summed E-state index contributed by atoms with van der Waals surface area (Å²) in [6.07, 6.45) is 1.36. The Hall–Kier alpha value is -3.91. The molecule has 0 saturated carbocycles. The topological polar surface area (TPSA) is 110 Å². The zero-order valence-corrected chi connectivity index (χ0v) is 16.5. The number of rotatable bonds is 5. The Balaban J connectivity index is 1.67. The predicted molar refractivity (Wildman–Crippen MR) is 111 cm³/mol. The lowest BCUT2D eigenvalue weighted by atomic mass is 10.1. The molecule has 3 aromatic rings. The number of carbonyl (C=O) groups is 3. The van der Waals surface area contributed by atoms with Gasteiger partial charge < -0.3 is 14.5 Å². The van der Waals surface area contributed by atoms with E-state index in [4.69, 9.17) is 20.8 Å². The van der Waals surface area contributed by atoms with Gasteiger partial charge in [0.2, 0.25) is 5.76 Å². The molecule has 9 heteroatoms. The molecule has 0 aliphatic rings. The van der Waals surface area contributed by atoms with Gasteiger partial charge in [-0.1, -0.05) is 29.8 Å². The molecule has 2 amide bonds. The number of hydrazone groups is 1. The molecule has 0 aliphatic heterocycles. The van der Waals surface area contributed by atoms with Crippen LogP contribution in [0.15, 0.2) is 76.4 Å². The monoisotopic (exact) mass is 425 g/mol. The predicted octanol–water partition coefficient (Wildman–Crippen LogP) is 3.63. The Morgan fingerprint density at radius 3 is 2.53 bits per heavy atom. The van der Waals surface area contributed by atoms with Gasteiger partial charge in [0.25, 0.3) is 0 Å². The van der Waals surface area contributed by atoms with E-state index >= 15 is 0 Å². The number of anilines is 1. The molecule has 0 bridgehead atoms. The van der Waals surface area contributed by atoms with Crippen LogP contribution in [-0.4, -0.2) is 23.5 Å². The number of nitrogens with zero attached hydrogens (tertiary/aromatic N) is 1. The quantitative estimate of drug-likeness (QED) is 0.213. The van der Waals surface area contributed by atoms with Crippen molar-refractivity contribution < 1.29 is 23.5 Å². The van der Waals surface area contributed by atoms with Gasteiger partial charge in [-0.15, -0.1) is 0 Å². The Morgan fingerprint density at radius 1 is 1.00 bits per heavy atom. The van der Waals surface area contributed by atoms with Gasteiger partial charge in [0, 0.05) is 16.3 Å². The second-order valence-electron chi connectivity index (χ2n) is 5.97.